The van der Waals surface area contributed by atoms with Crippen molar-refractivity contribution in [3.05, 3.63) is 33.9 Å². The van der Waals surface area contributed by atoms with Crippen molar-refractivity contribution in [3.63, 3.8) is 0 Å². The summed E-state index contributed by atoms with van der Waals surface area (Å²) >= 11 is 0. The highest BCUT2D eigenvalue weighted by molar-refractivity contribution is 5.73. The van der Waals surface area contributed by atoms with Gasteiger partial charge in [0.15, 0.2) is 0 Å². The number of hydrogen-bond donors (Lipinski definition) is 0. The zero-order valence-electron chi connectivity index (χ0n) is 12.1. The molecule has 9 heteroatoms. The third-order valence-corrected chi connectivity index (χ3v) is 3.50. The molecule has 1 aliphatic carbocycles. The van der Waals surface area contributed by atoms with E-state index in [-0.39, 0.29) is 5.92 Å². The molecule has 1 aromatic rings. The fourth-order valence-corrected chi connectivity index (χ4v) is 2.04. The number of carbonyl (C=O) groups excluding carboxylic acids is 1. The largest absolute Gasteiger partial charge is 0.448 e. The fourth-order valence-electron chi connectivity index (χ4n) is 2.04. The lowest BCUT2D eigenvalue weighted by Gasteiger charge is -2.25. The normalized spacial score (nSPS) is 16.3. The molecule has 1 fully saturated rings. The summed E-state index contributed by atoms with van der Waals surface area (Å²) in [5.74, 6) is -1.35. The highest BCUT2D eigenvalue weighted by atomic mass is 19.4. The minimum absolute atomic E-state index is 0.238. The summed E-state index contributed by atoms with van der Waals surface area (Å²) in [7, 11) is 0. The number of ether oxygens (including phenoxy) is 2. The van der Waals surface area contributed by atoms with Gasteiger partial charge in [0.2, 0.25) is 12.0 Å². The molecule has 1 aliphatic rings. The second-order valence-corrected chi connectivity index (χ2v) is 5.19. The molecule has 0 aliphatic heterocycles. The Morgan fingerprint density at radius 3 is 2.52 bits per heavy atom. The molecule has 6 nitrogen and oxygen atoms in total. The Kier molecular flexibility index (Phi) is 4.76. The number of hydrogen-bond acceptors (Lipinski definition) is 5. The molecule has 0 bridgehead atoms. The Labute approximate surface area is 129 Å². The third-order valence-electron chi connectivity index (χ3n) is 3.50. The predicted molar refractivity (Wildman–Crippen MR) is 71.6 cm³/mol. The van der Waals surface area contributed by atoms with Crippen molar-refractivity contribution in [3.8, 4) is 5.75 Å². The van der Waals surface area contributed by atoms with Crippen molar-refractivity contribution < 1.29 is 32.4 Å². The Balaban J connectivity index is 2.15. The van der Waals surface area contributed by atoms with Crippen LogP contribution in [0.5, 0.6) is 5.75 Å². The second kappa shape index (κ2) is 6.43. The van der Waals surface area contributed by atoms with Gasteiger partial charge in [-0.15, -0.1) is 0 Å². The van der Waals surface area contributed by atoms with E-state index in [9.17, 15) is 28.1 Å². The number of nitro benzene ring substituents is 1. The zero-order valence-corrected chi connectivity index (χ0v) is 12.1. The monoisotopic (exact) mass is 333 g/mol. The van der Waals surface area contributed by atoms with Gasteiger partial charge >= 0.3 is 17.8 Å². The molecule has 0 amide bonds. The zero-order chi connectivity index (χ0) is 17.2. The molecule has 0 heterocycles. The molecule has 0 aromatic heterocycles. The Hall–Kier alpha value is -2.32. The molecular weight excluding hydrogens is 319 g/mol. The number of nitrogens with zero attached hydrogens (tertiary/aromatic N) is 1. The quantitative estimate of drug-likeness (QED) is 0.355. The van der Waals surface area contributed by atoms with Gasteiger partial charge in [-0.3, -0.25) is 14.9 Å². The van der Waals surface area contributed by atoms with Crippen LogP contribution in [0.25, 0.3) is 0 Å². The maximum absolute atomic E-state index is 12.7. The Morgan fingerprint density at radius 2 is 2.04 bits per heavy atom. The van der Waals surface area contributed by atoms with Crippen molar-refractivity contribution in [2.75, 3.05) is 0 Å². The number of carbonyl (C=O) groups is 1. The minimum atomic E-state index is -4.67. The van der Waals surface area contributed by atoms with E-state index in [1.54, 1.807) is 0 Å². The van der Waals surface area contributed by atoms with E-state index in [4.69, 9.17) is 9.47 Å². The van der Waals surface area contributed by atoms with E-state index < -0.39 is 40.4 Å². The van der Waals surface area contributed by atoms with Crippen LogP contribution in [-0.4, -0.2) is 17.2 Å². The predicted octanol–water partition coefficient (Wildman–Crippen LogP) is 3.68. The number of alkyl halides is 3. The van der Waals surface area contributed by atoms with Crippen LogP contribution in [0.4, 0.5) is 18.9 Å². The van der Waals surface area contributed by atoms with Crippen LogP contribution < -0.4 is 4.74 Å². The van der Waals surface area contributed by atoms with E-state index >= 15 is 0 Å². The third kappa shape index (κ3) is 4.11. The molecule has 1 saturated carbocycles. The molecule has 23 heavy (non-hydrogen) atoms. The summed E-state index contributed by atoms with van der Waals surface area (Å²) in [6.07, 6.45) is -3.61. The first-order valence-corrected chi connectivity index (χ1v) is 6.91. The first kappa shape index (κ1) is 17.0. The van der Waals surface area contributed by atoms with Gasteiger partial charge in [-0.05, 0) is 25.0 Å². The summed E-state index contributed by atoms with van der Waals surface area (Å²) in [5.41, 5.74) is -1.72. The smallest absolute Gasteiger partial charge is 0.416 e. The van der Waals surface area contributed by atoms with Crippen LogP contribution in [0.3, 0.4) is 0 Å². The van der Waals surface area contributed by atoms with Crippen LogP contribution >= 0.6 is 0 Å². The lowest BCUT2D eigenvalue weighted by atomic mass is 9.86. The van der Waals surface area contributed by atoms with Crippen LogP contribution in [-0.2, 0) is 15.7 Å². The first-order valence-electron chi connectivity index (χ1n) is 6.91. The van der Waals surface area contributed by atoms with Crippen molar-refractivity contribution in [2.45, 2.75) is 38.7 Å². The highest BCUT2D eigenvalue weighted by Gasteiger charge is 2.34. The van der Waals surface area contributed by atoms with Gasteiger partial charge in [0.05, 0.1) is 16.4 Å². The summed E-state index contributed by atoms with van der Waals surface area (Å²) in [6, 6.07) is 1.82. The van der Waals surface area contributed by atoms with Gasteiger partial charge in [0.1, 0.15) is 0 Å². The summed E-state index contributed by atoms with van der Waals surface area (Å²) in [4.78, 5) is 21.7. The molecule has 1 atom stereocenters. The standard InChI is InChI=1S/C14H14F3NO5/c1-8(23-13(19)9-3-2-4-9)22-12-7-10(14(15,16)17)5-6-11(12)18(20)21/h5-9H,2-4H2,1H3. The Bertz CT molecular complexity index is 613. The molecular formula is C14H14F3NO5. The van der Waals surface area contributed by atoms with Crippen molar-refractivity contribution in [1.82, 2.24) is 0 Å². The van der Waals surface area contributed by atoms with Gasteiger partial charge in [-0.1, -0.05) is 6.42 Å². The molecule has 0 spiro atoms. The van der Waals surface area contributed by atoms with Crippen molar-refractivity contribution in [1.29, 1.82) is 0 Å². The number of benzene rings is 1. The van der Waals surface area contributed by atoms with Gasteiger partial charge in [0.25, 0.3) is 0 Å². The van der Waals surface area contributed by atoms with Crippen LogP contribution in [0.15, 0.2) is 18.2 Å². The van der Waals surface area contributed by atoms with Crippen molar-refractivity contribution in [2.24, 2.45) is 5.92 Å². The fraction of sp³-hybridized carbons (Fsp3) is 0.500. The maximum Gasteiger partial charge on any atom is 0.416 e. The van der Waals surface area contributed by atoms with Crippen molar-refractivity contribution >= 4 is 11.7 Å². The van der Waals surface area contributed by atoms with Gasteiger partial charge < -0.3 is 9.47 Å². The number of esters is 1. The number of rotatable bonds is 5. The van der Waals surface area contributed by atoms with Crippen LogP contribution in [0.1, 0.15) is 31.7 Å². The van der Waals surface area contributed by atoms with E-state index in [0.29, 0.717) is 31.0 Å². The molecule has 126 valence electrons. The second-order valence-electron chi connectivity index (χ2n) is 5.19. The van der Waals surface area contributed by atoms with E-state index in [0.717, 1.165) is 6.42 Å². The van der Waals surface area contributed by atoms with Crippen LogP contribution in [0, 0.1) is 16.0 Å². The average molecular weight is 333 g/mol. The molecule has 0 saturated heterocycles. The van der Waals surface area contributed by atoms with Gasteiger partial charge in [-0.25, -0.2) is 0 Å². The summed E-state index contributed by atoms with van der Waals surface area (Å²) in [5, 5.41) is 10.9. The van der Waals surface area contributed by atoms with E-state index in [1.807, 2.05) is 0 Å². The highest BCUT2D eigenvalue weighted by Crippen LogP contribution is 2.36. The SMILES string of the molecule is CC(OC(=O)C1CCC1)Oc1cc(C(F)(F)F)ccc1[N+](=O)[O-]. The lowest BCUT2D eigenvalue weighted by Crippen LogP contribution is -2.29. The van der Waals surface area contributed by atoms with Gasteiger partial charge in [0, 0.05) is 13.0 Å². The topological polar surface area (TPSA) is 78.7 Å². The number of halogens is 3. The maximum atomic E-state index is 12.7. The van der Waals surface area contributed by atoms with Crippen LogP contribution in [0.2, 0.25) is 0 Å². The molecule has 2 rings (SSSR count). The molecule has 0 N–H and O–H groups in total. The van der Waals surface area contributed by atoms with Gasteiger partial charge in [-0.2, -0.15) is 13.2 Å². The van der Waals surface area contributed by atoms with E-state index in [1.165, 1.54) is 6.92 Å². The van der Waals surface area contributed by atoms with E-state index in [2.05, 4.69) is 0 Å². The average Bonchev–Trinajstić information content (AvgIpc) is 2.34. The molecule has 1 unspecified atom stereocenters. The molecule has 0 radical (unpaired) electrons. The first-order chi connectivity index (χ1) is 10.7. The summed E-state index contributed by atoms with van der Waals surface area (Å²) < 4.78 is 48.1. The summed E-state index contributed by atoms with van der Waals surface area (Å²) in [6.45, 7) is 1.29. The Morgan fingerprint density at radius 1 is 1.39 bits per heavy atom. The number of nitro groups is 1. The lowest BCUT2D eigenvalue weighted by molar-refractivity contribution is -0.386. The molecule has 1 aromatic carbocycles. The minimum Gasteiger partial charge on any atom is -0.448 e.